The Hall–Kier alpha value is -2.70. The number of carboxylic acids is 1. The molecule has 3 amide bonds. The fourth-order valence-electron chi connectivity index (χ4n) is 3.30. The first-order valence-electron chi connectivity index (χ1n) is 9.21. The number of nitrogens with zero attached hydrogens (tertiary/aromatic N) is 3. The monoisotopic (exact) mass is 478 g/mol. The number of anilines is 1. The molecule has 2 aliphatic heterocycles. The van der Waals surface area contributed by atoms with Gasteiger partial charge in [-0.05, 0) is 11.4 Å². The Bertz CT molecular complexity index is 1090. The number of rotatable bonds is 6. The molecule has 9 nitrogen and oxygen atoms in total. The highest BCUT2D eigenvalue weighted by molar-refractivity contribution is 8.00. The maximum Gasteiger partial charge on any atom is 0.353 e. The predicted octanol–water partition coefficient (Wildman–Crippen LogP) is 1.63. The van der Waals surface area contributed by atoms with Crippen LogP contribution in [-0.2, 0) is 25.6 Å². The highest BCUT2D eigenvalue weighted by Crippen LogP contribution is 2.44. The van der Waals surface area contributed by atoms with E-state index < -0.39 is 23.3 Å². The molecule has 1 saturated heterocycles. The normalized spacial score (nSPS) is 20.2. The lowest BCUT2D eigenvalue weighted by Gasteiger charge is -2.49. The number of thiazole rings is 1. The SMILES string of the molecule is CC(=O)N(C)c1ncc(C2=C(C(=O)O)N3C(=O)C(NC(=O)Cc4cccs4)C3SC2)s1. The number of thiophene rings is 1. The van der Waals surface area contributed by atoms with E-state index in [1.165, 1.54) is 57.4 Å². The minimum Gasteiger partial charge on any atom is -0.477 e. The number of nitrogens with one attached hydrogen (secondary N) is 1. The van der Waals surface area contributed by atoms with E-state index in [1.54, 1.807) is 7.05 Å². The molecule has 0 saturated carbocycles. The van der Waals surface area contributed by atoms with E-state index in [0.717, 1.165) is 4.88 Å². The zero-order valence-corrected chi connectivity index (χ0v) is 19.0. The van der Waals surface area contributed by atoms with Crippen LogP contribution in [0.25, 0.3) is 5.57 Å². The number of carbonyl (C=O) groups excluding carboxylic acids is 3. The summed E-state index contributed by atoms with van der Waals surface area (Å²) in [6.07, 6.45) is 1.70. The highest BCUT2D eigenvalue weighted by Gasteiger charge is 2.54. The second-order valence-corrected chi connectivity index (χ2v) is 10.1. The first-order chi connectivity index (χ1) is 14.8. The number of fused-ring (bicyclic) bond motifs is 1. The third-order valence-corrected chi connectivity index (χ3v) is 8.24. The number of thioether (sulfide) groups is 1. The number of hydrogen-bond acceptors (Lipinski definition) is 8. The van der Waals surface area contributed by atoms with Crippen molar-refractivity contribution in [3.63, 3.8) is 0 Å². The second kappa shape index (κ2) is 8.44. The van der Waals surface area contributed by atoms with Crippen LogP contribution in [0.3, 0.4) is 0 Å². The van der Waals surface area contributed by atoms with Gasteiger partial charge in [0.05, 0.1) is 11.3 Å². The number of β-lactam (4-membered cyclic amide) rings is 1. The van der Waals surface area contributed by atoms with Crippen molar-refractivity contribution in [2.75, 3.05) is 17.7 Å². The van der Waals surface area contributed by atoms with E-state index in [1.807, 2.05) is 17.5 Å². The Balaban J connectivity index is 1.54. The van der Waals surface area contributed by atoms with E-state index in [9.17, 15) is 24.3 Å². The molecule has 0 spiro atoms. The van der Waals surface area contributed by atoms with Crippen LogP contribution in [0.5, 0.6) is 0 Å². The van der Waals surface area contributed by atoms with Gasteiger partial charge in [-0.2, -0.15) is 0 Å². The largest absolute Gasteiger partial charge is 0.477 e. The first-order valence-corrected chi connectivity index (χ1v) is 12.0. The molecule has 4 heterocycles. The fraction of sp³-hybridized carbons (Fsp3) is 0.316. The number of amides is 3. The number of hydrogen-bond donors (Lipinski definition) is 2. The molecule has 2 N–H and O–H groups in total. The molecule has 1 fully saturated rings. The van der Waals surface area contributed by atoms with Gasteiger partial charge < -0.3 is 10.4 Å². The van der Waals surface area contributed by atoms with E-state index >= 15 is 0 Å². The summed E-state index contributed by atoms with van der Waals surface area (Å²) < 4.78 is 0. The summed E-state index contributed by atoms with van der Waals surface area (Å²) in [4.78, 5) is 57.0. The number of aliphatic carboxylic acids is 1. The van der Waals surface area contributed by atoms with Gasteiger partial charge in [-0.1, -0.05) is 17.4 Å². The Morgan fingerprint density at radius 2 is 2.16 bits per heavy atom. The fourth-order valence-corrected chi connectivity index (χ4v) is 6.42. The molecule has 12 heteroatoms. The minimum atomic E-state index is -1.22. The number of aromatic nitrogens is 1. The first kappa shape index (κ1) is 21.5. The number of carbonyl (C=O) groups is 4. The summed E-state index contributed by atoms with van der Waals surface area (Å²) in [5.74, 6) is -1.78. The van der Waals surface area contributed by atoms with E-state index in [2.05, 4.69) is 10.3 Å². The third-order valence-electron chi connectivity index (χ3n) is 4.95. The van der Waals surface area contributed by atoms with Gasteiger partial charge in [-0.25, -0.2) is 9.78 Å². The highest BCUT2D eigenvalue weighted by atomic mass is 32.2. The molecule has 2 unspecified atom stereocenters. The quantitative estimate of drug-likeness (QED) is 0.606. The van der Waals surface area contributed by atoms with Crippen LogP contribution in [0.1, 0.15) is 16.7 Å². The summed E-state index contributed by atoms with van der Waals surface area (Å²) in [5, 5.41) is 14.4. The maximum atomic E-state index is 12.8. The Morgan fingerprint density at radius 1 is 1.39 bits per heavy atom. The van der Waals surface area contributed by atoms with Gasteiger partial charge in [0, 0.05) is 36.4 Å². The molecule has 0 aliphatic carbocycles. The molecule has 4 rings (SSSR count). The average molecular weight is 479 g/mol. The van der Waals surface area contributed by atoms with Gasteiger partial charge in [-0.15, -0.1) is 23.1 Å². The second-order valence-electron chi connectivity index (χ2n) is 6.93. The van der Waals surface area contributed by atoms with Crippen LogP contribution in [0.15, 0.2) is 29.4 Å². The standard InChI is InChI=1S/C19H18N4O5S3/c1-9(24)22(2)19-20-7-12(31-19)11-8-30-17-14(16(26)23(17)15(11)18(27)28)21-13(25)6-10-4-3-5-29-10/h3-5,7,14,17H,6,8H2,1-2H3,(H,21,25)(H,27,28). The number of carboxylic acid groups (broad SMARTS) is 1. The van der Waals surface area contributed by atoms with Crippen LogP contribution < -0.4 is 10.2 Å². The zero-order chi connectivity index (χ0) is 22.3. The van der Waals surface area contributed by atoms with Crippen LogP contribution in [0.2, 0.25) is 0 Å². The van der Waals surface area contributed by atoms with Gasteiger partial charge in [0.25, 0.3) is 5.91 Å². The van der Waals surface area contributed by atoms with E-state index in [0.29, 0.717) is 21.3 Å². The molecular formula is C19H18N4O5S3. The average Bonchev–Trinajstić information content (AvgIpc) is 3.42. The molecule has 0 aromatic carbocycles. The van der Waals surface area contributed by atoms with Gasteiger partial charge in [0.2, 0.25) is 11.8 Å². The van der Waals surface area contributed by atoms with E-state index in [-0.39, 0.29) is 23.9 Å². The van der Waals surface area contributed by atoms with Crippen LogP contribution in [0, 0.1) is 0 Å². The van der Waals surface area contributed by atoms with Crippen molar-refractivity contribution in [2.24, 2.45) is 0 Å². The van der Waals surface area contributed by atoms with Crippen molar-refractivity contribution < 1.29 is 24.3 Å². The molecule has 0 radical (unpaired) electrons. The van der Waals surface area contributed by atoms with Crippen molar-refractivity contribution in [3.8, 4) is 0 Å². The molecule has 0 bridgehead atoms. The smallest absolute Gasteiger partial charge is 0.353 e. The van der Waals surface area contributed by atoms with E-state index in [4.69, 9.17) is 0 Å². The van der Waals surface area contributed by atoms with Crippen LogP contribution in [0.4, 0.5) is 5.13 Å². The molecule has 31 heavy (non-hydrogen) atoms. The summed E-state index contributed by atoms with van der Waals surface area (Å²) in [6.45, 7) is 1.41. The lowest BCUT2D eigenvalue weighted by atomic mass is 10.0. The summed E-state index contributed by atoms with van der Waals surface area (Å²) in [5.41, 5.74) is 0.379. The molecule has 2 aliphatic rings. The molecule has 2 atom stereocenters. The summed E-state index contributed by atoms with van der Waals surface area (Å²) >= 11 is 4.04. The summed E-state index contributed by atoms with van der Waals surface area (Å²) in [6, 6.07) is 2.94. The van der Waals surface area contributed by atoms with Crippen molar-refractivity contribution >= 4 is 68.8 Å². The Morgan fingerprint density at radius 3 is 2.81 bits per heavy atom. The molecular weight excluding hydrogens is 460 g/mol. The van der Waals surface area contributed by atoms with Crippen molar-refractivity contribution in [1.29, 1.82) is 0 Å². The third kappa shape index (κ3) is 3.98. The summed E-state index contributed by atoms with van der Waals surface area (Å²) in [7, 11) is 1.59. The van der Waals surface area contributed by atoms with Crippen LogP contribution in [-0.4, -0.2) is 62.9 Å². The minimum absolute atomic E-state index is 0.0989. The van der Waals surface area contributed by atoms with Crippen molar-refractivity contribution in [2.45, 2.75) is 24.8 Å². The van der Waals surface area contributed by atoms with Crippen molar-refractivity contribution in [3.05, 3.63) is 39.2 Å². The van der Waals surface area contributed by atoms with Crippen molar-refractivity contribution in [1.82, 2.24) is 15.2 Å². The Kier molecular flexibility index (Phi) is 5.86. The van der Waals surface area contributed by atoms with Gasteiger partial charge >= 0.3 is 5.97 Å². The van der Waals surface area contributed by atoms with Gasteiger partial charge in [0.1, 0.15) is 17.1 Å². The van der Waals surface area contributed by atoms with Crippen LogP contribution >= 0.6 is 34.4 Å². The zero-order valence-electron chi connectivity index (χ0n) is 16.5. The lowest BCUT2D eigenvalue weighted by molar-refractivity contribution is -0.150. The molecule has 2 aromatic rings. The van der Waals surface area contributed by atoms with Gasteiger partial charge in [-0.3, -0.25) is 24.2 Å². The Labute approximate surface area is 189 Å². The topological polar surface area (TPSA) is 120 Å². The molecule has 2 aromatic heterocycles. The predicted molar refractivity (Wildman–Crippen MR) is 119 cm³/mol. The van der Waals surface area contributed by atoms with Gasteiger partial charge in [0.15, 0.2) is 5.13 Å². The maximum absolute atomic E-state index is 12.8. The lowest BCUT2D eigenvalue weighted by Crippen LogP contribution is -2.70. The molecule has 162 valence electrons.